The lowest BCUT2D eigenvalue weighted by Gasteiger charge is -2.21. The minimum atomic E-state index is -4.96. The molecular weight excluding hydrogens is 1250 g/mol. The smallest absolute Gasteiger partial charge is 0.462 e. The second-order valence-electron chi connectivity index (χ2n) is 29.1. The van der Waals surface area contributed by atoms with Crippen molar-refractivity contribution in [2.24, 2.45) is 23.7 Å². The Morgan fingerprint density at radius 1 is 0.295 bits per heavy atom. The van der Waals surface area contributed by atoms with Crippen molar-refractivity contribution in [2.75, 3.05) is 39.6 Å². The zero-order valence-electron chi connectivity index (χ0n) is 62.3. The van der Waals surface area contributed by atoms with Crippen LogP contribution in [0.5, 0.6) is 0 Å². The van der Waals surface area contributed by atoms with E-state index >= 15 is 0 Å². The highest BCUT2D eigenvalue weighted by molar-refractivity contribution is 7.47. The summed E-state index contributed by atoms with van der Waals surface area (Å²) >= 11 is 0. The lowest BCUT2D eigenvalue weighted by Crippen LogP contribution is -2.30. The fourth-order valence-electron chi connectivity index (χ4n) is 11.5. The van der Waals surface area contributed by atoms with Gasteiger partial charge in [0.15, 0.2) is 12.2 Å². The SMILES string of the molecule is CCC(C)CCCCCCCCC(=O)OC[C@H](COP(=O)(O)OC[C@H](O)COP(=O)(O)OC[C@@H](COC(=O)CCCCCCCCCCCCCCCC(C)C)OC(=O)CCCCCCCCCCCCCCCCCCC(C)C)OC(=O)CCCCCCCCCC(C)C. The largest absolute Gasteiger partial charge is 0.472 e. The van der Waals surface area contributed by atoms with Gasteiger partial charge in [-0.15, -0.1) is 0 Å². The van der Waals surface area contributed by atoms with Gasteiger partial charge in [-0.2, -0.15) is 0 Å². The van der Waals surface area contributed by atoms with Gasteiger partial charge < -0.3 is 33.8 Å². The molecule has 95 heavy (non-hydrogen) atoms. The third-order valence-corrected chi connectivity index (χ3v) is 19.8. The summed E-state index contributed by atoms with van der Waals surface area (Å²) in [5.74, 6) is 0.903. The van der Waals surface area contributed by atoms with Gasteiger partial charge in [0.05, 0.1) is 26.4 Å². The molecular formula is C76H148O17P2. The molecule has 0 saturated carbocycles. The van der Waals surface area contributed by atoms with Gasteiger partial charge in [0.25, 0.3) is 0 Å². The van der Waals surface area contributed by atoms with Crippen LogP contribution in [-0.4, -0.2) is 96.7 Å². The number of aliphatic hydroxyl groups excluding tert-OH is 1. The molecule has 0 rings (SSSR count). The fourth-order valence-corrected chi connectivity index (χ4v) is 13.1. The third kappa shape index (κ3) is 69.0. The summed E-state index contributed by atoms with van der Waals surface area (Å²) in [6, 6.07) is 0. The van der Waals surface area contributed by atoms with Crippen LogP contribution in [0, 0.1) is 23.7 Å². The van der Waals surface area contributed by atoms with E-state index in [1.165, 1.54) is 180 Å². The summed E-state index contributed by atoms with van der Waals surface area (Å²) in [6.07, 6.45) is 50.1. The Hall–Kier alpha value is -1.94. The van der Waals surface area contributed by atoms with Crippen molar-refractivity contribution < 1.29 is 80.2 Å². The number of hydrogen-bond acceptors (Lipinski definition) is 15. The Kier molecular flexibility index (Phi) is 64.0. The van der Waals surface area contributed by atoms with E-state index in [1.807, 2.05) is 0 Å². The van der Waals surface area contributed by atoms with Crippen LogP contribution in [0.25, 0.3) is 0 Å². The second kappa shape index (κ2) is 65.4. The summed E-state index contributed by atoms with van der Waals surface area (Å²) in [5.41, 5.74) is 0. The summed E-state index contributed by atoms with van der Waals surface area (Å²) in [5, 5.41) is 10.6. The fraction of sp³-hybridized carbons (Fsp3) is 0.947. The normalized spacial score (nSPS) is 14.4. The van der Waals surface area contributed by atoms with Crippen LogP contribution in [0.2, 0.25) is 0 Å². The molecule has 0 fully saturated rings. The van der Waals surface area contributed by atoms with E-state index in [-0.39, 0.29) is 25.7 Å². The molecule has 0 spiro atoms. The third-order valence-electron chi connectivity index (χ3n) is 17.9. The molecule has 0 aliphatic carbocycles. The van der Waals surface area contributed by atoms with Crippen molar-refractivity contribution >= 4 is 39.5 Å². The molecule has 0 aromatic carbocycles. The highest BCUT2D eigenvalue weighted by Crippen LogP contribution is 2.45. The predicted molar refractivity (Wildman–Crippen MR) is 386 cm³/mol. The van der Waals surface area contributed by atoms with E-state index in [0.29, 0.717) is 31.6 Å². The molecule has 0 aliphatic rings. The number of carbonyl (C=O) groups is 4. The molecule has 0 aliphatic heterocycles. The number of aliphatic hydroxyl groups is 1. The summed E-state index contributed by atoms with van der Waals surface area (Å²) < 4.78 is 68.5. The monoisotopic (exact) mass is 1400 g/mol. The molecule has 0 aromatic rings. The van der Waals surface area contributed by atoms with Crippen molar-refractivity contribution in [1.82, 2.24) is 0 Å². The molecule has 3 unspecified atom stereocenters. The molecule has 0 bridgehead atoms. The number of hydrogen-bond donors (Lipinski definition) is 3. The predicted octanol–water partition coefficient (Wildman–Crippen LogP) is 22.0. The van der Waals surface area contributed by atoms with Crippen molar-refractivity contribution in [1.29, 1.82) is 0 Å². The van der Waals surface area contributed by atoms with E-state index in [1.54, 1.807) is 0 Å². The second-order valence-corrected chi connectivity index (χ2v) is 32.0. The van der Waals surface area contributed by atoms with Crippen molar-refractivity contribution in [3.05, 3.63) is 0 Å². The molecule has 19 heteroatoms. The Labute approximate surface area is 581 Å². The van der Waals surface area contributed by atoms with Gasteiger partial charge in [0.2, 0.25) is 0 Å². The van der Waals surface area contributed by atoms with Crippen LogP contribution in [0.3, 0.4) is 0 Å². The number of esters is 4. The quantitative estimate of drug-likeness (QED) is 0.0222. The Balaban J connectivity index is 5.23. The van der Waals surface area contributed by atoms with Crippen molar-refractivity contribution in [3.63, 3.8) is 0 Å². The summed E-state index contributed by atoms with van der Waals surface area (Å²) in [6.45, 7) is 14.1. The Morgan fingerprint density at radius 3 is 0.747 bits per heavy atom. The summed E-state index contributed by atoms with van der Waals surface area (Å²) in [4.78, 5) is 72.8. The first-order valence-corrected chi connectivity index (χ1v) is 42.2. The topological polar surface area (TPSA) is 237 Å². The van der Waals surface area contributed by atoms with E-state index in [2.05, 4.69) is 55.4 Å². The van der Waals surface area contributed by atoms with Crippen LogP contribution in [0.4, 0.5) is 0 Å². The summed E-state index contributed by atoms with van der Waals surface area (Å²) in [7, 11) is -9.91. The van der Waals surface area contributed by atoms with E-state index in [9.17, 15) is 43.2 Å². The number of phosphoric ester groups is 2. The molecule has 0 radical (unpaired) electrons. The average Bonchev–Trinajstić information content (AvgIpc) is 1.91. The minimum Gasteiger partial charge on any atom is -0.462 e. The first-order valence-electron chi connectivity index (χ1n) is 39.2. The first kappa shape index (κ1) is 93.1. The van der Waals surface area contributed by atoms with E-state index in [0.717, 1.165) is 114 Å². The van der Waals surface area contributed by atoms with Crippen molar-refractivity contribution in [3.8, 4) is 0 Å². The molecule has 3 N–H and O–H groups in total. The highest BCUT2D eigenvalue weighted by atomic mass is 31.2. The van der Waals surface area contributed by atoms with Gasteiger partial charge in [-0.25, -0.2) is 9.13 Å². The molecule has 0 aromatic heterocycles. The Bertz CT molecular complexity index is 1870. The number of carbonyl (C=O) groups excluding carboxylic acids is 4. The van der Waals surface area contributed by atoms with Gasteiger partial charge >= 0.3 is 39.5 Å². The lowest BCUT2D eigenvalue weighted by molar-refractivity contribution is -0.161. The maximum atomic E-state index is 13.1. The van der Waals surface area contributed by atoms with Crippen molar-refractivity contribution in [2.45, 2.75) is 401 Å². The van der Waals surface area contributed by atoms with E-state index in [4.69, 9.17) is 37.0 Å². The minimum absolute atomic E-state index is 0.102. The number of unbranched alkanes of at least 4 members (excludes halogenated alkanes) is 38. The maximum absolute atomic E-state index is 13.1. The molecule has 17 nitrogen and oxygen atoms in total. The van der Waals surface area contributed by atoms with Crippen LogP contribution in [0.15, 0.2) is 0 Å². The highest BCUT2D eigenvalue weighted by Gasteiger charge is 2.30. The number of ether oxygens (including phenoxy) is 4. The van der Waals surface area contributed by atoms with Gasteiger partial charge in [0.1, 0.15) is 19.3 Å². The molecule has 0 amide bonds. The number of phosphoric acid groups is 2. The zero-order valence-corrected chi connectivity index (χ0v) is 64.1. The standard InChI is InChI=1S/C76H148O17P2/c1-9-69(8)55-47-39-34-35-41-49-57-74(79)87-63-72(93-76(81)59-51-43-33-27-30-38-46-54-68(6)7)65-91-95(84,85)89-61-70(77)60-88-94(82,83)90-64-71(62-86-73(78)56-48-40-31-25-21-18-14-16-20-24-29-37-45-53-67(4)5)92-75(80)58-50-42-32-26-22-17-13-11-10-12-15-19-23-28-36-44-52-66(2)3/h66-72,77H,9-65H2,1-8H3,(H,82,83)(H,84,85)/t69?,70-,71-,72-/m1/s1. The molecule has 6 atom stereocenters. The lowest BCUT2D eigenvalue weighted by atomic mass is 10.00. The van der Waals surface area contributed by atoms with Crippen LogP contribution in [0.1, 0.15) is 383 Å². The van der Waals surface area contributed by atoms with Crippen LogP contribution in [-0.2, 0) is 65.4 Å². The van der Waals surface area contributed by atoms with Gasteiger partial charge in [-0.1, -0.05) is 331 Å². The Morgan fingerprint density at radius 2 is 0.505 bits per heavy atom. The van der Waals surface area contributed by atoms with Gasteiger partial charge in [0, 0.05) is 25.7 Å². The molecule has 0 saturated heterocycles. The first-order chi connectivity index (χ1) is 45.6. The van der Waals surface area contributed by atoms with Crippen LogP contribution < -0.4 is 0 Å². The van der Waals surface area contributed by atoms with Crippen LogP contribution >= 0.6 is 15.6 Å². The average molecular weight is 1400 g/mol. The molecule has 564 valence electrons. The molecule has 0 heterocycles. The van der Waals surface area contributed by atoms with Gasteiger partial charge in [-0.3, -0.25) is 37.3 Å². The number of rotatable bonds is 73. The zero-order chi connectivity index (χ0) is 70.3. The van der Waals surface area contributed by atoms with Gasteiger partial charge in [-0.05, 0) is 49.4 Å². The van der Waals surface area contributed by atoms with E-state index < -0.39 is 97.5 Å². The maximum Gasteiger partial charge on any atom is 0.472 e.